The van der Waals surface area contributed by atoms with E-state index >= 15 is 0 Å². The molecule has 1 atom stereocenters. The van der Waals surface area contributed by atoms with Crippen LogP contribution in [0.5, 0.6) is 5.75 Å². The Hall–Kier alpha value is -2.47. The third kappa shape index (κ3) is 3.67. The second-order valence-corrected chi connectivity index (χ2v) is 7.48. The Bertz CT molecular complexity index is 839. The zero-order valence-electron chi connectivity index (χ0n) is 16.0. The molecule has 2 aromatic rings. The molecule has 1 fully saturated rings. The van der Waals surface area contributed by atoms with Crippen molar-refractivity contribution in [3.8, 4) is 5.75 Å². The van der Waals surface area contributed by atoms with E-state index < -0.39 is 0 Å². The van der Waals surface area contributed by atoms with Gasteiger partial charge < -0.3 is 14.5 Å². The number of rotatable bonds is 3. The molecule has 1 saturated heterocycles. The number of likely N-dealkylation sites (tertiary alicyclic amines) is 1. The number of methoxy groups -OCH3 is 1. The lowest BCUT2D eigenvalue weighted by Crippen LogP contribution is -2.40. The second kappa shape index (κ2) is 7.64. The van der Waals surface area contributed by atoms with Crippen LogP contribution in [0.3, 0.4) is 0 Å². The van der Waals surface area contributed by atoms with Crippen molar-refractivity contribution in [1.82, 2.24) is 19.8 Å². The Balaban J connectivity index is 1.52. The van der Waals surface area contributed by atoms with E-state index in [0.717, 1.165) is 44.7 Å². The summed E-state index contributed by atoms with van der Waals surface area (Å²) in [5, 5.41) is 0. The van der Waals surface area contributed by atoms with Gasteiger partial charge in [-0.3, -0.25) is 4.79 Å². The average molecular weight is 366 g/mol. The number of para-hydroxylation sites is 1. The molecule has 0 aliphatic carbocycles. The summed E-state index contributed by atoms with van der Waals surface area (Å²) in [7, 11) is 3.73. The molecule has 2 aliphatic heterocycles. The summed E-state index contributed by atoms with van der Waals surface area (Å²) in [6.07, 6.45) is 4.94. The fourth-order valence-corrected chi connectivity index (χ4v) is 4.03. The number of carbonyl (C=O) groups excluding carboxylic acids is 1. The van der Waals surface area contributed by atoms with E-state index in [-0.39, 0.29) is 11.8 Å². The molecule has 3 heterocycles. The molecule has 0 radical (unpaired) electrons. The predicted octanol–water partition coefficient (Wildman–Crippen LogP) is 2.49. The van der Waals surface area contributed by atoms with Crippen molar-refractivity contribution in [2.75, 3.05) is 33.8 Å². The molecule has 142 valence electrons. The largest absolute Gasteiger partial charge is 0.496 e. The number of carbonyl (C=O) groups is 1. The topological polar surface area (TPSA) is 58.6 Å². The molecule has 6 heteroatoms. The molecule has 6 nitrogen and oxygen atoms in total. The summed E-state index contributed by atoms with van der Waals surface area (Å²) in [5.41, 5.74) is 3.02. The van der Waals surface area contributed by atoms with E-state index in [1.54, 1.807) is 7.11 Å². The highest BCUT2D eigenvalue weighted by atomic mass is 16.5. The smallest absolute Gasteiger partial charge is 0.257 e. The first kappa shape index (κ1) is 17.9. The third-order valence-electron chi connectivity index (χ3n) is 5.55. The number of fused-ring (bicyclic) bond motifs is 1. The number of hydrogen-bond donors (Lipinski definition) is 0. The van der Waals surface area contributed by atoms with Crippen LogP contribution in [0.15, 0.2) is 30.5 Å². The molecule has 0 bridgehead atoms. The van der Waals surface area contributed by atoms with Gasteiger partial charge in [-0.15, -0.1) is 0 Å². The predicted molar refractivity (Wildman–Crippen MR) is 103 cm³/mol. The second-order valence-electron chi connectivity index (χ2n) is 7.48. The number of piperidine rings is 1. The summed E-state index contributed by atoms with van der Waals surface area (Å²) >= 11 is 0. The van der Waals surface area contributed by atoms with Gasteiger partial charge in [0.05, 0.1) is 12.7 Å². The van der Waals surface area contributed by atoms with Gasteiger partial charge in [0.25, 0.3) is 5.91 Å². The SMILES string of the molecule is COc1ccccc1C(=O)N1CCC[C@@H](c2ncc3c(n2)CCN(C)C3)C1. The van der Waals surface area contributed by atoms with Crippen molar-refractivity contribution < 1.29 is 9.53 Å². The number of amides is 1. The summed E-state index contributed by atoms with van der Waals surface area (Å²) in [5.74, 6) is 1.73. The van der Waals surface area contributed by atoms with E-state index in [1.165, 1.54) is 11.3 Å². The van der Waals surface area contributed by atoms with Crippen LogP contribution in [-0.4, -0.2) is 59.5 Å². The van der Waals surface area contributed by atoms with Crippen LogP contribution in [0.2, 0.25) is 0 Å². The van der Waals surface area contributed by atoms with Gasteiger partial charge in [-0.1, -0.05) is 12.1 Å². The lowest BCUT2D eigenvalue weighted by Gasteiger charge is -2.33. The van der Waals surface area contributed by atoms with Gasteiger partial charge in [-0.05, 0) is 32.0 Å². The quantitative estimate of drug-likeness (QED) is 0.835. The average Bonchev–Trinajstić information content (AvgIpc) is 2.73. The van der Waals surface area contributed by atoms with Gasteiger partial charge in [0, 0.05) is 56.0 Å². The minimum absolute atomic E-state index is 0.0248. The lowest BCUT2D eigenvalue weighted by atomic mass is 9.95. The maximum absolute atomic E-state index is 13.0. The molecule has 1 aromatic carbocycles. The molecule has 0 unspecified atom stereocenters. The van der Waals surface area contributed by atoms with Crippen LogP contribution in [-0.2, 0) is 13.0 Å². The Morgan fingerprint density at radius 2 is 2.11 bits per heavy atom. The van der Waals surface area contributed by atoms with E-state index in [0.29, 0.717) is 17.9 Å². The number of hydrogen-bond acceptors (Lipinski definition) is 5. The maximum atomic E-state index is 13.0. The van der Waals surface area contributed by atoms with Gasteiger partial charge in [0.2, 0.25) is 0 Å². The van der Waals surface area contributed by atoms with Crippen LogP contribution in [0.25, 0.3) is 0 Å². The molecular formula is C21H26N4O2. The highest BCUT2D eigenvalue weighted by Crippen LogP contribution is 2.28. The van der Waals surface area contributed by atoms with Gasteiger partial charge >= 0.3 is 0 Å². The molecule has 4 rings (SSSR count). The maximum Gasteiger partial charge on any atom is 0.257 e. The summed E-state index contributed by atoms with van der Waals surface area (Å²) in [6.45, 7) is 3.38. The van der Waals surface area contributed by atoms with E-state index in [1.807, 2.05) is 35.4 Å². The van der Waals surface area contributed by atoms with Crippen LogP contribution >= 0.6 is 0 Å². The van der Waals surface area contributed by atoms with Crippen LogP contribution in [0, 0.1) is 0 Å². The molecule has 2 aliphatic rings. The molecular weight excluding hydrogens is 340 g/mol. The van der Waals surface area contributed by atoms with Gasteiger partial charge in [0.1, 0.15) is 11.6 Å². The Kier molecular flexibility index (Phi) is 5.07. The van der Waals surface area contributed by atoms with Crippen molar-refractivity contribution >= 4 is 5.91 Å². The van der Waals surface area contributed by atoms with Crippen molar-refractivity contribution in [3.63, 3.8) is 0 Å². The summed E-state index contributed by atoms with van der Waals surface area (Å²) in [6, 6.07) is 7.42. The highest BCUT2D eigenvalue weighted by Gasteiger charge is 2.29. The van der Waals surface area contributed by atoms with Crippen molar-refractivity contribution in [2.24, 2.45) is 0 Å². The zero-order valence-corrected chi connectivity index (χ0v) is 16.0. The lowest BCUT2D eigenvalue weighted by molar-refractivity contribution is 0.0701. The number of benzene rings is 1. The Labute approximate surface area is 160 Å². The number of likely N-dealkylation sites (N-methyl/N-ethyl adjacent to an activating group) is 1. The minimum Gasteiger partial charge on any atom is -0.496 e. The van der Waals surface area contributed by atoms with Crippen LogP contribution < -0.4 is 4.74 Å². The van der Waals surface area contributed by atoms with E-state index in [9.17, 15) is 4.79 Å². The first-order valence-corrected chi connectivity index (χ1v) is 9.61. The molecule has 0 spiro atoms. The molecule has 1 amide bonds. The third-order valence-corrected chi connectivity index (χ3v) is 5.55. The summed E-state index contributed by atoms with van der Waals surface area (Å²) < 4.78 is 5.36. The molecule has 0 N–H and O–H groups in total. The number of ether oxygens (including phenoxy) is 1. The Morgan fingerprint density at radius 3 is 2.96 bits per heavy atom. The van der Waals surface area contributed by atoms with Crippen LogP contribution in [0.4, 0.5) is 0 Å². The number of aromatic nitrogens is 2. The highest BCUT2D eigenvalue weighted by molar-refractivity contribution is 5.97. The zero-order chi connectivity index (χ0) is 18.8. The summed E-state index contributed by atoms with van der Waals surface area (Å²) in [4.78, 5) is 26.8. The van der Waals surface area contributed by atoms with Crippen LogP contribution in [0.1, 0.15) is 46.2 Å². The van der Waals surface area contributed by atoms with Gasteiger partial charge in [-0.2, -0.15) is 0 Å². The fraction of sp³-hybridized carbons (Fsp3) is 0.476. The molecule has 27 heavy (non-hydrogen) atoms. The van der Waals surface area contributed by atoms with Crippen molar-refractivity contribution in [2.45, 2.75) is 31.7 Å². The first-order chi connectivity index (χ1) is 13.2. The fourth-order valence-electron chi connectivity index (χ4n) is 4.03. The normalized spacial score (nSPS) is 20.2. The van der Waals surface area contributed by atoms with Crippen molar-refractivity contribution in [3.05, 3.63) is 53.1 Å². The Morgan fingerprint density at radius 1 is 1.26 bits per heavy atom. The number of nitrogens with zero attached hydrogens (tertiary/aromatic N) is 4. The molecule has 1 aromatic heterocycles. The monoisotopic (exact) mass is 366 g/mol. The van der Waals surface area contributed by atoms with E-state index in [2.05, 4.69) is 16.9 Å². The van der Waals surface area contributed by atoms with Gasteiger partial charge in [0.15, 0.2) is 0 Å². The minimum atomic E-state index is 0.0248. The standard InChI is InChI=1S/C21H26N4O2/c1-24-11-9-18-16(13-24)12-22-20(23-18)15-6-5-10-25(14-15)21(26)17-7-3-4-8-19(17)27-2/h3-4,7-8,12,15H,5-6,9-11,13-14H2,1-2H3/t15-/m1/s1. The van der Waals surface area contributed by atoms with E-state index in [4.69, 9.17) is 9.72 Å². The van der Waals surface area contributed by atoms with Gasteiger partial charge in [-0.25, -0.2) is 9.97 Å². The molecule has 0 saturated carbocycles. The first-order valence-electron chi connectivity index (χ1n) is 9.61. The van der Waals surface area contributed by atoms with Crippen molar-refractivity contribution in [1.29, 1.82) is 0 Å².